The van der Waals surface area contributed by atoms with E-state index in [1.807, 2.05) is 24.3 Å². The quantitative estimate of drug-likeness (QED) is 0.813. The van der Waals surface area contributed by atoms with Gasteiger partial charge >= 0.3 is 6.03 Å². The van der Waals surface area contributed by atoms with Gasteiger partial charge in [-0.1, -0.05) is 32.0 Å². The summed E-state index contributed by atoms with van der Waals surface area (Å²) in [5.74, 6) is 0.137. The van der Waals surface area contributed by atoms with Crippen LogP contribution in [-0.2, 0) is 4.79 Å². The highest BCUT2D eigenvalue weighted by molar-refractivity contribution is 6.20. The van der Waals surface area contributed by atoms with Gasteiger partial charge in [-0.3, -0.25) is 4.79 Å². The smallest absolute Gasteiger partial charge is 0.328 e. The fourth-order valence-corrected chi connectivity index (χ4v) is 1.99. The molecule has 1 aromatic rings. The molecule has 3 amide bonds. The Hall–Kier alpha value is -1.84. The van der Waals surface area contributed by atoms with Crippen molar-refractivity contribution in [1.29, 1.82) is 0 Å². The van der Waals surface area contributed by atoms with Crippen LogP contribution in [0.5, 0.6) is 0 Å². The molecule has 1 fully saturated rings. The second-order valence-corrected chi connectivity index (χ2v) is 4.26. The second-order valence-electron chi connectivity index (χ2n) is 4.26. The molecule has 0 spiro atoms. The molecule has 1 N–H and O–H groups in total. The zero-order valence-electron chi connectivity index (χ0n) is 10.1. The molecule has 1 aromatic carbocycles. The summed E-state index contributed by atoms with van der Waals surface area (Å²) in [6.07, 6.45) is 0.973. The molecule has 4 nitrogen and oxygen atoms in total. The van der Waals surface area contributed by atoms with Crippen LogP contribution in [0.4, 0.5) is 10.5 Å². The van der Waals surface area contributed by atoms with Crippen LogP contribution in [0, 0.1) is 0 Å². The highest BCUT2D eigenvalue weighted by Crippen LogP contribution is 2.30. The molecule has 90 valence electrons. The number of anilines is 1. The van der Waals surface area contributed by atoms with E-state index in [2.05, 4.69) is 19.2 Å². The summed E-state index contributed by atoms with van der Waals surface area (Å²) < 4.78 is 0. The lowest BCUT2D eigenvalue weighted by molar-refractivity contribution is -0.115. The van der Waals surface area contributed by atoms with Crippen molar-refractivity contribution in [1.82, 2.24) is 5.32 Å². The van der Waals surface area contributed by atoms with Crippen molar-refractivity contribution in [2.75, 3.05) is 11.4 Å². The molecule has 1 aliphatic rings. The summed E-state index contributed by atoms with van der Waals surface area (Å²) in [6, 6.07) is 7.25. The highest BCUT2D eigenvalue weighted by atomic mass is 16.2. The molecule has 1 unspecified atom stereocenters. The van der Waals surface area contributed by atoms with Crippen LogP contribution in [0.15, 0.2) is 24.3 Å². The Morgan fingerprint density at radius 3 is 2.65 bits per heavy atom. The third-order valence-electron chi connectivity index (χ3n) is 3.16. The Kier molecular flexibility index (Phi) is 3.13. The van der Waals surface area contributed by atoms with Crippen molar-refractivity contribution in [3.05, 3.63) is 29.8 Å². The number of hydrogen-bond acceptors (Lipinski definition) is 2. The average molecular weight is 232 g/mol. The number of benzene rings is 1. The van der Waals surface area contributed by atoms with Gasteiger partial charge in [0.25, 0.3) is 5.91 Å². The number of imide groups is 1. The predicted octanol–water partition coefficient (Wildman–Crippen LogP) is 2.26. The average Bonchev–Trinajstić information content (AvgIpc) is 2.68. The van der Waals surface area contributed by atoms with E-state index < -0.39 is 0 Å². The third kappa shape index (κ3) is 2.02. The van der Waals surface area contributed by atoms with Crippen molar-refractivity contribution in [2.45, 2.75) is 26.2 Å². The van der Waals surface area contributed by atoms with Gasteiger partial charge < -0.3 is 5.32 Å². The summed E-state index contributed by atoms with van der Waals surface area (Å²) in [4.78, 5) is 24.6. The highest BCUT2D eigenvalue weighted by Gasteiger charge is 2.31. The normalized spacial score (nSPS) is 17.2. The Bertz CT molecular complexity index is 440. The van der Waals surface area contributed by atoms with E-state index in [9.17, 15) is 9.59 Å². The van der Waals surface area contributed by atoms with Crippen molar-refractivity contribution in [3.63, 3.8) is 0 Å². The number of nitrogens with zero attached hydrogens (tertiary/aromatic N) is 1. The third-order valence-corrected chi connectivity index (χ3v) is 3.16. The number of para-hydroxylation sites is 1. The molecular weight excluding hydrogens is 216 g/mol. The predicted molar refractivity (Wildman–Crippen MR) is 66.0 cm³/mol. The van der Waals surface area contributed by atoms with E-state index in [-0.39, 0.29) is 18.5 Å². The lowest BCUT2D eigenvalue weighted by Crippen LogP contribution is -2.31. The maximum absolute atomic E-state index is 11.7. The van der Waals surface area contributed by atoms with Gasteiger partial charge in [0.05, 0.1) is 12.2 Å². The molecule has 0 bridgehead atoms. The standard InChI is InChI=1S/C13H16N2O2/c1-3-9(2)10-6-4-5-7-11(10)15-12(16)8-14-13(15)17/h4-7,9H,3,8H2,1-2H3,(H,14,17). The lowest BCUT2D eigenvalue weighted by Gasteiger charge is -2.20. The summed E-state index contributed by atoms with van der Waals surface area (Å²) in [5.41, 5.74) is 1.75. The van der Waals surface area contributed by atoms with Crippen molar-refractivity contribution in [2.24, 2.45) is 0 Å². The number of urea groups is 1. The first-order chi connectivity index (χ1) is 8.15. The molecule has 1 heterocycles. The molecule has 0 radical (unpaired) electrons. The van der Waals surface area contributed by atoms with Crippen molar-refractivity contribution in [3.8, 4) is 0 Å². The van der Waals surface area contributed by atoms with Crippen molar-refractivity contribution < 1.29 is 9.59 Å². The van der Waals surface area contributed by atoms with E-state index in [1.165, 1.54) is 4.90 Å². The van der Waals surface area contributed by atoms with E-state index >= 15 is 0 Å². The lowest BCUT2D eigenvalue weighted by atomic mass is 9.96. The van der Waals surface area contributed by atoms with E-state index in [1.54, 1.807) is 0 Å². The minimum absolute atomic E-state index is 0.0909. The molecule has 1 saturated heterocycles. The minimum atomic E-state index is -0.328. The van der Waals surface area contributed by atoms with E-state index in [0.29, 0.717) is 11.6 Å². The molecule has 1 atom stereocenters. The molecular formula is C13H16N2O2. The van der Waals surface area contributed by atoms with Gasteiger partial charge in [-0.2, -0.15) is 0 Å². The number of rotatable bonds is 3. The van der Waals surface area contributed by atoms with Gasteiger partial charge in [-0.05, 0) is 24.0 Å². The molecule has 2 rings (SSSR count). The van der Waals surface area contributed by atoms with Crippen LogP contribution in [0.1, 0.15) is 31.7 Å². The maximum Gasteiger partial charge on any atom is 0.329 e. The van der Waals surface area contributed by atoms with E-state index in [4.69, 9.17) is 0 Å². The number of hydrogen-bond donors (Lipinski definition) is 1. The first-order valence-electron chi connectivity index (χ1n) is 5.84. The summed E-state index contributed by atoms with van der Waals surface area (Å²) >= 11 is 0. The number of nitrogens with one attached hydrogen (secondary N) is 1. The van der Waals surface area contributed by atoms with Crippen LogP contribution in [-0.4, -0.2) is 18.5 Å². The van der Waals surface area contributed by atoms with Crippen LogP contribution in [0.25, 0.3) is 0 Å². The Balaban J connectivity index is 2.44. The molecule has 17 heavy (non-hydrogen) atoms. The fraction of sp³-hybridized carbons (Fsp3) is 0.385. The summed E-state index contributed by atoms with van der Waals surface area (Å²) in [5, 5.41) is 2.54. The number of carbonyl (C=O) groups excluding carboxylic acids is 2. The minimum Gasteiger partial charge on any atom is -0.328 e. The van der Waals surface area contributed by atoms with Gasteiger partial charge in [0.15, 0.2) is 0 Å². The number of amides is 3. The zero-order chi connectivity index (χ0) is 12.4. The van der Waals surface area contributed by atoms with Crippen LogP contribution < -0.4 is 10.2 Å². The molecule has 0 aromatic heterocycles. The van der Waals surface area contributed by atoms with Crippen LogP contribution in [0.2, 0.25) is 0 Å². The summed E-state index contributed by atoms with van der Waals surface area (Å²) in [6.45, 7) is 4.28. The maximum atomic E-state index is 11.7. The van der Waals surface area contributed by atoms with Gasteiger partial charge in [0.2, 0.25) is 0 Å². The Morgan fingerprint density at radius 2 is 2.06 bits per heavy atom. The largest absolute Gasteiger partial charge is 0.329 e. The number of carbonyl (C=O) groups is 2. The fourth-order valence-electron chi connectivity index (χ4n) is 1.99. The SMILES string of the molecule is CCC(C)c1ccccc1N1C(=O)CNC1=O. The Labute approximate surface area is 101 Å². The zero-order valence-corrected chi connectivity index (χ0v) is 10.1. The molecule has 0 saturated carbocycles. The topological polar surface area (TPSA) is 49.4 Å². The molecule has 0 aliphatic carbocycles. The van der Waals surface area contributed by atoms with Crippen LogP contribution in [0.3, 0.4) is 0 Å². The van der Waals surface area contributed by atoms with Gasteiger partial charge in [0, 0.05) is 0 Å². The van der Waals surface area contributed by atoms with Gasteiger partial charge in [-0.15, -0.1) is 0 Å². The Morgan fingerprint density at radius 1 is 1.35 bits per heavy atom. The molecule has 4 heteroatoms. The first-order valence-corrected chi connectivity index (χ1v) is 5.84. The summed E-state index contributed by atoms with van der Waals surface area (Å²) in [7, 11) is 0. The van der Waals surface area contributed by atoms with E-state index in [0.717, 1.165) is 12.0 Å². The van der Waals surface area contributed by atoms with Gasteiger partial charge in [0.1, 0.15) is 0 Å². The molecule has 1 aliphatic heterocycles. The van der Waals surface area contributed by atoms with Crippen LogP contribution >= 0.6 is 0 Å². The second kappa shape index (κ2) is 4.57. The monoisotopic (exact) mass is 232 g/mol. The first kappa shape index (κ1) is 11.6. The van der Waals surface area contributed by atoms with Gasteiger partial charge in [-0.25, -0.2) is 9.69 Å². The van der Waals surface area contributed by atoms with Crippen molar-refractivity contribution >= 4 is 17.6 Å².